The van der Waals surface area contributed by atoms with Crippen LogP contribution in [-0.2, 0) is 6.54 Å². The van der Waals surface area contributed by atoms with Crippen LogP contribution < -0.4 is 5.32 Å². The molecule has 208 valence electrons. The molecule has 0 aliphatic carbocycles. The first-order chi connectivity index (χ1) is 18.9. The molecule has 3 rings (SSSR count). The van der Waals surface area contributed by atoms with Crippen molar-refractivity contribution < 1.29 is 0 Å². The van der Waals surface area contributed by atoms with Crippen LogP contribution in [0.15, 0.2) is 96.1 Å². The Morgan fingerprint density at radius 2 is 1.74 bits per heavy atom. The molecule has 1 fully saturated rings. The fraction of sp³-hybridized carbons (Fsp3) is 0.382. The van der Waals surface area contributed by atoms with Gasteiger partial charge in [-0.3, -0.25) is 9.98 Å². The number of aliphatic imine (C=N–C) groups is 1. The molecule has 0 bridgehead atoms. The monoisotopic (exact) mass is 525 g/mol. The van der Waals surface area contributed by atoms with Gasteiger partial charge in [-0.05, 0) is 74.6 Å². The highest BCUT2D eigenvalue weighted by molar-refractivity contribution is 5.98. The summed E-state index contributed by atoms with van der Waals surface area (Å²) in [7, 11) is 0. The smallest absolute Gasteiger partial charge is 0.0991 e. The van der Waals surface area contributed by atoms with Gasteiger partial charge in [0.1, 0.15) is 0 Å². The van der Waals surface area contributed by atoms with Crippen LogP contribution in [0.3, 0.4) is 0 Å². The van der Waals surface area contributed by atoms with Gasteiger partial charge in [0, 0.05) is 60.7 Å². The first-order valence-electron chi connectivity index (χ1n) is 14.0. The second kappa shape index (κ2) is 18.4. The Labute approximate surface area is 237 Å². The number of piperidine rings is 1. The molecule has 1 aliphatic heterocycles. The molecule has 0 radical (unpaired) electrons. The lowest BCUT2D eigenvalue weighted by Gasteiger charge is -2.35. The van der Waals surface area contributed by atoms with Gasteiger partial charge in [0.15, 0.2) is 0 Å². The lowest BCUT2D eigenvalue weighted by molar-refractivity contribution is 0.296. The van der Waals surface area contributed by atoms with Gasteiger partial charge in [-0.15, -0.1) is 0 Å². The van der Waals surface area contributed by atoms with E-state index in [4.69, 9.17) is 10.3 Å². The SMILES string of the molecule is C=C/C(C)=C(C)/N=C(\C=C(/C)NCc1cccnc1)C1CCN(C(=C)c2ccc(C#N)cc2)CC1.CC.CC. The van der Waals surface area contributed by atoms with Crippen molar-refractivity contribution in [3.05, 3.63) is 108 Å². The molecule has 2 aromatic rings. The Kier molecular flexibility index (Phi) is 15.6. The van der Waals surface area contributed by atoms with Gasteiger partial charge in [-0.1, -0.05) is 65.1 Å². The minimum absolute atomic E-state index is 0.364. The summed E-state index contributed by atoms with van der Waals surface area (Å²) in [6.07, 6.45) is 9.72. The van der Waals surface area contributed by atoms with E-state index in [9.17, 15) is 0 Å². The zero-order valence-electron chi connectivity index (χ0n) is 25.1. The maximum absolute atomic E-state index is 9.05. The second-order valence-corrected chi connectivity index (χ2v) is 8.95. The molecule has 1 N–H and O–H groups in total. The third-order valence-electron chi connectivity index (χ3n) is 6.47. The second-order valence-electron chi connectivity index (χ2n) is 8.95. The first kappa shape index (κ1) is 33.1. The average Bonchev–Trinajstić information content (AvgIpc) is 3.01. The Morgan fingerprint density at radius 3 is 2.28 bits per heavy atom. The minimum atomic E-state index is 0.364. The topological polar surface area (TPSA) is 64.3 Å². The third kappa shape index (κ3) is 10.8. The summed E-state index contributed by atoms with van der Waals surface area (Å²) < 4.78 is 0. The standard InChI is InChI=1S/C30H35N5.2C2H6/c1-6-22(2)24(4)34-30(18-23(3)33-21-27-8-7-15-32-20-27)29-13-16-35(17-14-29)25(5)28-11-9-26(19-31)10-12-28;2*1-2/h6-12,15,18,20,29,33H,1,5,13-14,16-17,21H2,2-4H3;2*1-2H3/b23-18+,24-22+,34-30+;;. The van der Waals surface area contributed by atoms with Crippen molar-refractivity contribution in [3.63, 3.8) is 0 Å². The minimum Gasteiger partial charge on any atom is -0.384 e. The van der Waals surface area contributed by atoms with E-state index < -0.39 is 0 Å². The zero-order valence-corrected chi connectivity index (χ0v) is 25.1. The first-order valence-corrected chi connectivity index (χ1v) is 14.0. The van der Waals surface area contributed by atoms with E-state index in [-0.39, 0.29) is 0 Å². The fourth-order valence-corrected chi connectivity index (χ4v) is 4.05. The zero-order chi connectivity index (χ0) is 29.2. The third-order valence-corrected chi connectivity index (χ3v) is 6.47. The highest BCUT2D eigenvalue weighted by Crippen LogP contribution is 2.27. The molecule has 2 heterocycles. The molecule has 1 aromatic heterocycles. The maximum atomic E-state index is 9.05. The molecule has 0 spiro atoms. The van der Waals surface area contributed by atoms with Crippen molar-refractivity contribution in [2.75, 3.05) is 13.1 Å². The maximum Gasteiger partial charge on any atom is 0.0991 e. The van der Waals surface area contributed by atoms with Crippen LogP contribution in [0.1, 0.15) is 78.0 Å². The van der Waals surface area contributed by atoms with Crippen molar-refractivity contribution in [1.82, 2.24) is 15.2 Å². The summed E-state index contributed by atoms with van der Waals surface area (Å²) >= 11 is 0. The van der Waals surface area contributed by atoms with Crippen LogP contribution in [0.25, 0.3) is 5.70 Å². The molecular weight excluding hydrogens is 478 g/mol. The van der Waals surface area contributed by atoms with Crippen molar-refractivity contribution in [1.29, 1.82) is 5.26 Å². The van der Waals surface area contributed by atoms with Crippen LogP contribution in [0.4, 0.5) is 0 Å². The summed E-state index contributed by atoms with van der Waals surface area (Å²) in [4.78, 5) is 11.6. The Balaban J connectivity index is 0.00000181. The van der Waals surface area contributed by atoms with E-state index in [2.05, 4.69) is 53.5 Å². The summed E-state index contributed by atoms with van der Waals surface area (Å²) in [5.74, 6) is 0.364. The Morgan fingerprint density at radius 1 is 1.10 bits per heavy atom. The van der Waals surface area contributed by atoms with Gasteiger partial charge in [-0.2, -0.15) is 5.26 Å². The van der Waals surface area contributed by atoms with Gasteiger partial charge in [0.05, 0.1) is 11.6 Å². The normalized spacial score (nSPS) is 14.5. The molecule has 0 unspecified atom stereocenters. The van der Waals surface area contributed by atoms with Crippen LogP contribution in [-0.4, -0.2) is 28.7 Å². The number of allylic oxidation sites excluding steroid dienone is 5. The number of pyridine rings is 1. The Bertz CT molecular complexity index is 1160. The predicted octanol–water partition coefficient (Wildman–Crippen LogP) is 8.30. The van der Waals surface area contributed by atoms with Crippen molar-refractivity contribution in [3.8, 4) is 6.07 Å². The van der Waals surface area contributed by atoms with Gasteiger partial charge in [-0.25, -0.2) is 0 Å². The summed E-state index contributed by atoms with van der Waals surface area (Å²) in [5.41, 5.74) is 8.15. The molecule has 0 atom stereocenters. The van der Waals surface area contributed by atoms with Gasteiger partial charge < -0.3 is 10.2 Å². The number of nitriles is 1. The van der Waals surface area contributed by atoms with Gasteiger partial charge in [0.25, 0.3) is 0 Å². The quantitative estimate of drug-likeness (QED) is 0.264. The number of benzene rings is 1. The molecule has 0 amide bonds. The summed E-state index contributed by atoms with van der Waals surface area (Å²) in [6, 6.07) is 13.8. The number of likely N-dealkylation sites (tertiary alicyclic amines) is 1. The van der Waals surface area contributed by atoms with Crippen LogP contribution in [0.5, 0.6) is 0 Å². The summed E-state index contributed by atoms with van der Waals surface area (Å²) in [6.45, 7) is 25.0. The molecule has 1 aliphatic rings. The molecule has 0 saturated carbocycles. The Hall–Kier alpha value is -3.91. The van der Waals surface area contributed by atoms with Crippen LogP contribution >= 0.6 is 0 Å². The van der Waals surface area contributed by atoms with Crippen molar-refractivity contribution >= 4 is 11.4 Å². The van der Waals surface area contributed by atoms with Gasteiger partial charge in [0.2, 0.25) is 0 Å². The van der Waals surface area contributed by atoms with E-state index in [1.165, 1.54) is 0 Å². The molecular formula is C34H47N5. The number of nitrogens with zero attached hydrogens (tertiary/aromatic N) is 4. The van der Waals surface area contributed by atoms with E-state index in [1.54, 1.807) is 6.20 Å². The van der Waals surface area contributed by atoms with Crippen molar-refractivity contribution in [2.45, 2.75) is 67.9 Å². The number of aromatic nitrogens is 1. The van der Waals surface area contributed by atoms with E-state index in [0.29, 0.717) is 11.5 Å². The highest BCUT2D eigenvalue weighted by Gasteiger charge is 2.24. The highest BCUT2D eigenvalue weighted by atomic mass is 15.1. The number of hydrogen-bond donors (Lipinski definition) is 1. The molecule has 5 nitrogen and oxygen atoms in total. The van der Waals surface area contributed by atoms with E-state index >= 15 is 0 Å². The average molecular weight is 526 g/mol. The van der Waals surface area contributed by atoms with Gasteiger partial charge >= 0.3 is 0 Å². The van der Waals surface area contributed by atoms with E-state index in [1.807, 2.05) is 84.1 Å². The van der Waals surface area contributed by atoms with E-state index in [0.717, 1.165) is 72.0 Å². The van der Waals surface area contributed by atoms with Crippen LogP contribution in [0.2, 0.25) is 0 Å². The van der Waals surface area contributed by atoms with Crippen LogP contribution in [0, 0.1) is 17.2 Å². The number of hydrogen-bond acceptors (Lipinski definition) is 5. The fourth-order valence-electron chi connectivity index (χ4n) is 4.05. The number of nitrogens with one attached hydrogen (secondary N) is 1. The lowest BCUT2D eigenvalue weighted by Crippen LogP contribution is -2.35. The lowest BCUT2D eigenvalue weighted by atomic mass is 9.90. The molecule has 1 saturated heterocycles. The molecule has 1 aromatic carbocycles. The molecule has 39 heavy (non-hydrogen) atoms. The number of rotatable bonds is 9. The predicted molar refractivity (Wildman–Crippen MR) is 168 cm³/mol. The summed E-state index contributed by atoms with van der Waals surface area (Å²) in [5, 5.41) is 12.5. The molecule has 5 heteroatoms. The van der Waals surface area contributed by atoms with Crippen molar-refractivity contribution in [2.24, 2.45) is 10.9 Å². The largest absolute Gasteiger partial charge is 0.384 e.